The number of likely N-dealkylation sites (tertiary alicyclic amines) is 1. The quantitative estimate of drug-likeness (QED) is 0.501. The third-order valence-electron chi connectivity index (χ3n) is 5.60. The summed E-state index contributed by atoms with van der Waals surface area (Å²) >= 11 is 5.83. The van der Waals surface area contributed by atoms with Crippen molar-refractivity contribution in [1.82, 2.24) is 19.8 Å². The van der Waals surface area contributed by atoms with Gasteiger partial charge in [-0.2, -0.15) is 0 Å². The number of hydrogen-bond donors (Lipinski definition) is 2. The molecule has 35 heavy (non-hydrogen) atoms. The Hall–Kier alpha value is -3.98. The van der Waals surface area contributed by atoms with Gasteiger partial charge < -0.3 is 15.5 Å². The molecular weight excluding hydrogens is 470 g/mol. The van der Waals surface area contributed by atoms with Gasteiger partial charge in [-0.1, -0.05) is 17.7 Å². The maximum Gasteiger partial charge on any atom is 0.255 e. The van der Waals surface area contributed by atoms with Gasteiger partial charge in [0, 0.05) is 55.6 Å². The Morgan fingerprint density at radius 1 is 1.06 bits per heavy atom. The molecule has 0 saturated carbocycles. The van der Waals surface area contributed by atoms with E-state index < -0.39 is 6.04 Å². The van der Waals surface area contributed by atoms with Gasteiger partial charge in [0.1, 0.15) is 5.82 Å². The van der Waals surface area contributed by atoms with Gasteiger partial charge in [-0.3, -0.25) is 23.7 Å². The minimum absolute atomic E-state index is 0.00156. The van der Waals surface area contributed by atoms with E-state index in [4.69, 9.17) is 11.6 Å². The van der Waals surface area contributed by atoms with Gasteiger partial charge in [0.15, 0.2) is 0 Å². The van der Waals surface area contributed by atoms with Crippen molar-refractivity contribution in [2.24, 2.45) is 0 Å². The van der Waals surface area contributed by atoms with E-state index in [0.717, 1.165) is 6.42 Å². The van der Waals surface area contributed by atoms with E-state index in [1.807, 2.05) is 0 Å². The molecule has 3 amide bonds. The van der Waals surface area contributed by atoms with Crippen LogP contribution in [0.15, 0.2) is 71.8 Å². The summed E-state index contributed by atoms with van der Waals surface area (Å²) < 4.78 is 1.47. The SMILES string of the molecule is O=C(CC(CN1CCCC1=O)NC(=O)c1ccc(-n2ccccc2=O)cc1)Nc1ccc(Cl)cn1. The Kier molecular flexibility index (Phi) is 7.57. The zero-order valence-corrected chi connectivity index (χ0v) is 19.6. The molecule has 2 aromatic heterocycles. The third kappa shape index (κ3) is 6.33. The summed E-state index contributed by atoms with van der Waals surface area (Å²) in [6.07, 6.45) is 4.24. The van der Waals surface area contributed by atoms with E-state index in [9.17, 15) is 19.2 Å². The standard InChI is InChI=1S/C25H24ClN5O4/c26-18-8-11-21(27-15-18)29-22(32)14-19(16-30-12-3-5-23(30)33)28-25(35)17-6-9-20(10-7-17)31-13-2-1-4-24(31)34/h1-2,4,6-11,13,15,19H,3,5,12,14,16H2,(H,28,35)(H,27,29,32). The molecule has 1 unspecified atom stereocenters. The Labute approximate surface area is 206 Å². The molecule has 1 aliphatic rings. The van der Waals surface area contributed by atoms with Crippen LogP contribution in [-0.4, -0.2) is 51.3 Å². The fourth-order valence-corrected chi connectivity index (χ4v) is 3.99. The van der Waals surface area contributed by atoms with Crippen LogP contribution in [0.5, 0.6) is 0 Å². The Morgan fingerprint density at radius 2 is 1.86 bits per heavy atom. The molecule has 0 radical (unpaired) electrons. The molecule has 180 valence electrons. The minimum Gasteiger partial charge on any atom is -0.347 e. The average Bonchev–Trinajstić information content (AvgIpc) is 3.25. The van der Waals surface area contributed by atoms with Crippen LogP contribution < -0.4 is 16.2 Å². The van der Waals surface area contributed by atoms with Crippen LogP contribution in [0.1, 0.15) is 29.6 Å². The third-order valence-corrected chi connectivity index (χ3v) is 5.83. The minimum atomic E-state index is -0.603. The number of nitrogens with one attached hydrogen (secondary N) is 2. The predicted octanol–water partition coefficient (Wildman–Crippen LogP) is 2.64. The average molecular weight is 494 g/mol. The van der Waals surface area contributed by atoms with E-state index >= 15 is 0 Å². The van der Waals surface area contributed by atoms with Crippen molar-refractivity contribution in [2.75, 3.05) is 18.4 Å². The summed E-state index contributed by atoms with van der Waals surface area (Å²) in [6, 6.07) is 14.0. The van der Waals surface area contributed by atoms with Crippen LogP contribution in [0, 0.1) is 0 Å². The molecule has 0 bridgehead atoms. The van der Waals surface area contributed by atoms with Crippen LogP contribution in [0.2, 0.25) is 5.02 Å². The fraction of sp³-hybridized carbons (Fsp3) is 0.240. The molecule has 10 heteroatoms. The lowest BCUT2D eigenvalue weighted by molar-refractivity contribution is -0.128. The molecular formula is C25H24ClN5O4. The summed E-state index contributed by atoms with van der Waals surface area (Å²) in [6.45, 7) is 0.815. The summed E-state index contributed by atoms with van der Waals surface area (Å²) in [4.78, 5) is 55.5. The molecule has 3 aromatic rings. The normalized spacial score (nSPS) is 14.0. The van der Waals surface area contributed by atoms with Crippen molar-refractivity contribution in [3.63, 3.8) is 0 Å². The number of aromatic nitrogens is 2. The van der Waals surface area contributed by atoms with Crippen molar-refractivity contribution < 1.29 is 14.4 Å². The van der Waals surface area contributed by atoms with Gasteiger partial charge in [0.05, 0.1) is 11.1 Å². The van der Waals surface area contributed by atoms with Crippen molar-refractivity contribution in [3.05, 3.63) is 87.9 Å². The van der Waals surface area contributed by atoms with Crippen LogP contribution >= 0.6 is 11.6 Å². The number of amides is 3. The molecule has 4 rings (SSSR count). The predicted molar refractivity (Wildman–Crippen MR) is 132 cm³/mol. The second-order valence-electron chi connectivity index (χ2n) is 8.18. The number of nitrogens with zero attached hydrogens (tertiary/aromatic N) is 3. The van der Waals surface area contributed by atoms with Crippen LogP contribution in [-0.2, 0) is 9.59 Å². The number of rotatable bonds is 8. The fourth-order valence-electron chi connectivity index (χ4n) is 3.87. The van der Waals surface area contributed by atoms with Gasteiger partial charge in [-0.05, 0) is 48.9 Å². The molecule has 1 atom stereocenters. The van der Waals surface area contributed by atoms with Gasteiger partial charge >= 0.3 is 0 Å². The second-order valence-corrected chi connectivity index (χ2v) is 8.62. The van der Waals surface area contributed by atoms with Crippen LogP contribution in [0.4, 0.5) is 5.82 Å². The zero-order valence-electron chi connectivity index (χ0n) is 18.8. The summed E-state index contributed by atoms with van der Waals surface area (Å²) in [5, 5.41) is 6.01. The van der Waals surface area contributed by atoms with Gasteiger partial charge in [0.2, 0.25) is 11.8 Å². The van der Waals surface area contributed by atoms with Crippen LogP contribution in [0.25, 0.3) is 5.69 Å². The Balaban J connectivity index is 1.45. The first-order valence-corrected chi connectivity index (χ1v) is 11.5. The van der Waals surface area contributed by atoms with Gasteiger partial charge in [-0.25, -0.2) is 4.98 Å². The van der Waals surface area contributed by atoms with Crippen molar-refractivity contribution >= 4 is 35.1 Å². The van der Waals surface area contributed by atoms with Crippen molar-refractivity contribution in [1.29, 1.82) is 0 Å². The van der Waals surface area contributed by atoms with E-state index in [1.54, 1.807) is 59.6 Å². The molecule has 1 aromatic carbocycles. The first-order chi connectivity index (χ1) is 16.9. The molecule has 1 fully saturated rings. The van der Waals surface area contributed by atoms with Crippen LogP contribution in [0.3, 0.4) is 0 Å². The Morgan fingerprint density at radius 3 is 2.51 bits per heavy atom. The topological polar surface area (TPSA) is 113 Å². The number of anilines is 1. The highest BCUT2D eigenvalue weighted by Gasteiger charge is 2.26. The lowest BCUT2D eigenvalue weighted by atomic mass is 10.1. The summed E-state index contributed by atoms with van der Waals surface area (Å²) in [7, 11) is 0. The number of carbonyl (C=O) groups is 3. The van der Waals surface area contributed by atoms with E-state index in [0.29, 0.717) is 35.1 Å². The summed E-state index contributed by atoms with van der Waals surface area (Å²) in [5.74, 6) is -0.392. The first-order valence-electron chi connectivity index (χ1n) is 11.2. The maximum atomic E-state index is 13.0. The molecule has 0 aliphatic carbocycles. The lowest BCUT2D eigenvalue weighted by Gasteiger charge is -2.24. The number of benzene rings is 1. The first kappa shape index (κ1) is 24.2. The highest BCUT2D eigenvalue weighted by molar-refractivity contribution is 6.30. The molecule has 9 nitrogen and oxygen atoms in total. The highest BCUT2D eigenvalue weighted by atomic mass is 35.5. The van der Waals surface area contributed by atoms with E-state index in [1.165, 1.54) is 16.8 Å². The smallest absolute Gasteiger partial charge is 0.255 e. The molecule has 0 spiro atoms. The van der Waals surface area contributed by atoms with Gasteiger partial charge in [0.25, 0.3) is 11.5 Å². The largest absolute Gasteiger partial charge is 0.347 e. The zero-order chi connectivity index (χ0) is 24.8. The molecule has 1 aliphatic heterocycles. The highest BCUT2D eigenvalue weighted by Crippen LogP contribution is 2.14. The Bertz CT molecular complexity index is 1270. The van der Waals surface area contributed by atoms with Crippen molar-refractivity contribution in [2.45, 2.75) is 25.3 Å². The second kappa shape index (κ2) is 11.0. The monoisotopic (exact) mass is 493 g/mol. The number of carbonyl (C=O) groups excluding carboxylic acids is 3. The lowest BCUT2D eigenvalue weighted by Crippen LogP contribution is -2.46. The van der Waals surface area contributed by atoms with Gasteiger partial charge in [-0.15, -0.1) is 0 Å². The van der Waals surface area contributed by atoms with E-state index in [-0.39, 0.29) is 36.2 Å². The maximum absolute atomic E-state index is 13.0. The molecule has 2 N–H and O–H groups in total. The number of hydrogen-bond acceptors (Lipinski definition) is 5. The number of pyridine rings is 2. The molecule has 1 saturated heterocycles. The number of halogens is 1. The van der Waals surface area contributed by atoms with E-state index in [2.05, 4.69) is 15.6 Å². The summed E-state index contributed by atoms with van der Waals surface area (Å²) in [5.41, 5.74) is 0.817. The molecule has 3 heterocycles. The van der Waals surface area contributed by atoms with Crippen molar-refractivity contribution in [3.8, 4) is 5.69 Å².